The first-order chi connectivity index (χ1) is 9.74. The second-order valence-corrected chi connectivity index (χ2v) is 6.26. The standard InChI is InChI=1S/C15H24N2O3/c18-14(10-12-3-4-12)17-5-1-2-13(11-17)15(19)16-6-8-20-9-7-16/h12-13H,1-11H2/t13-/m1/s1. The quantitative estimate of drug-likeness (QED) is 0.771. The van der Waals surface area contributed by atoms with Gasteiger partial charge in [0.2, 0.25) is 11.8 Å². The first kappa shape index (κ1) is 13.9. The summed E-state index contributed by atoms with van der Waals surface area (Å²) in [5, 5.41) is 0. The molecule has 0 aromatic heterocycles. The van der Waals surface area contributed by atoms with Crippen molar-refractivity contribution in [2.75, 3.05) is 39.4 Å². The predicted molar refractivity (Wildman–Crippen MR) is 74.0 cm³/mol. The highest BCUT2D eigenvalue weighted by molar-refractivity contribution is 5.81. The molecule has 0 aromatic rings. The smallest absolute Gasteiger partial charge is 0.227 e. The highest BCUT2D eigenvalue weighted by atomic mass is 16.5. The summed E-state index contributed by atoms with van der Waals surface area (Å²) >= 11 is 0. The maximum absolute atomic E-state index is 12.5. The fraction of sp³-hybridized carbons (Fsp3) is 0.867. The monoisotopic (exact) mass is 280 g/mol. The number of morpholine rings is 1. The third-order valence-corrected chi connectivity index (χ3v) is 4.61. The summed E-state index contributed by atoms with van der Waals surface area (Å²) in [5.41, 5.74) is 0. The Kier molecular flexibility index (Phi) is 4.24. The molecule has 2 saturated heterocycles. The van der Waals surface area contributed by atoms with Crippen molar-refractivity contribution in [3.8, 4) is 0 Å². The van der Waals surface area contributed by atoms with Crippen LogP contribution in [0.1, 0.15) is 32.1 Å². The van der Waals surface area contributed by atoms with E-state index in [4.69, 9.17) is 4.74 Å². The van der Waals surface area contributed by atoms with Crippen molar-refractivity contribution in [3.63, 3.8) is 0 Å². The van der Waals surface area contributed by atoms with E-state index in [0.717, 1.165) is 19.4 Å². The summed E-state index contributed by atoms with van der Waals surface area (Å²) in [6, 6.07) is 0. The molecule has 3 rings (SSSR count). The SMILES string of the molecule is O=C(CC1CC1)N1CCC[C@@H](C(=O)N2CCOCC2)C1. The number of piperidine rings is 1. The van der Waals surface area contributed by atoms with Gasteiger partial charge in [-0.05, 0) is 31.6 Å². The number of ether oxygens (including phenoxy) is 1. The van der Waals surface area contributed by atoms with Crippen LogP contribution in [0.15, 0.2) is 0 Å². The van der Waals surface area contributed by atoms with Crippen molar-refractivity contribution in [1.29, 1.82) is 0 Å². The van der Waals surface area contributed by atoms with Crippen molar-refractivity contribution in [3.05, 3.63) is 0 Å². The van der Waals surface area contributed by atoms with Gasteiger partial charge in [-0.25, -0.2) is 0 Å². The van der Waals surface area contributed by atoms with E-state index in [2.05, 4.69) is 0 Å². The Morgan fingerprint density at radius 2 is 1.75 bits per heavy atom. The maximum Gasteiger partial charge on any atom is 0.227 e. The van der Waals surface area contributed by atoms with Crippen molar-refractivity contribution < 1.29 is 14.3 Å². The molecule has 0 spiro atoms. The van der Waals surface area contributed by atoms with Crippen molar-refractivity contribution >= 4 is 11.8 Å². The lowest BCUT2D eigenvalue weighted by Crippen LogP contribution is -2.49. The van der Waals surface area contributed by atoms with Crippen LogP contribution in [0, 0.1) is 11.8 Å². The minimum Gasteiger partial charge on any atom is -0.378 e. The van der Waals surface area contributed by atoms with Gasteiger partial charge in [-0.2, -0.15) is 0 Å². The summed E-state index contributed by atoms with van der Waals surface area (Å²) < 4.78 is 5.29. The summed E-state index contributed by atoms with van der Waals surface area (Å²) in [4.78, 5) is 28.5. The largest absolute Gasteiger partial charge is 0.378 e. The van der Waals surface area contributed by atoms with E-state index in [1.807, 2.05) is 9.80 Å². The van der Waals surface area contributed by atoms with E-state index < -0.39 is 0 Å². The average Bonchev–Trinajstić information content (AvgIpc) is 3.31. The molecule has 2 heterocycles. The Hall–Kier alpha value is -1.10. The second-order valence-electron chi connectivity index (χ2n) is 6.26. The van der Waals surface area contributed by atoms with Crippen molar-refractivity contribution in [2.45, 2.75) is 32.1 Å². The van der Waals surface area contributed by atoms with Gasteiger partial charge >= 0.3 is 0 Å². The minimum absolute atomic E-state index is 0.00463. The van der Waals surface area contributed by atoms with Gasteiger partial charge in [0, 0.05) is 32.6 Å². The van der Waals surface area contributed by atoms with Crippen LogP contribution in [0.4, 0.5) is 0 Å². The van der Waals surface area contributed by atoms with Gasteiger partial charge in [0.05, 0.1) is 19.1 Å². The molecule has 1 atom stereocenters. The molecule has 5 nitrogen and oxygen atoms in total. The number of likely N-dealkylation sites (tertiary alicyclic amines) is 1. The van der Waals surface area contributed by atoms with Gasteiger partial charge < -0.3 is 14.5 Å². The summed E-state index contributed by atoms with van der Waals surface area (Å²) in [7, 11) is 0. The molecule has 0 unspecified atom stereocenters. The summed E-state index contributed by atoms with van der Waals surface area (Å²) in [6.07, 6.45) is 4.98. The number of carbonyl (C=O) groups is 2. The van der Waals surface area contributed by atoms with Crippen molar-refractivity contribution in [1.82, 2.24) is 9.80 Å². The second kappa shape index (κ2) is 6.12. The highest BCUT2D eigenvalue weighted by Crippen LogP contribution is 2.33. The molecule has 112 valence electrons. The Morgan fingerprint density at radius 1 is 1.00 bits per heavy atom. The van der Waals surface area contributed by atoms with E-state index >= 15 is 0 Å². The molecule has 1 aliphatic carbocycles. The third kappa shape index (κ3) is 3.32. The fourth-order valence-corrected chi connectivity index (χ4v) is 3.15. The van der Waals surface area contributed by atoms with Crippen LogP contribution >= 0.6 is 0 Å². The number of nitrogens with zero attached hydrogens (tertiary/aromatic N) is 2. The summed E-state index contributed by atoms with van der Waals surface area (Å²) in [5.74, 6) is 1.10. The van der Waals surface area contributed by atoms with E-state index in [0.29, 0.717) is 45.2 Å². The van der Waals surface area contributed by atoms with Crippen LogP contribution < -0.4 is 0 Å². The molecular formula is C15H24N2O3. The Bertz CT molecular complexity index is 375. The number of carbonyl (C=O) groups excluding carboxylic acids is 2. The van der Waals surface area contributed by atoms with Crippen LogP contribution in [-0.2, 0) is 14.3 Å². The van der Waals surface area contributed by atoms with Crippen LogP contribution in [0.25, 0.3) is 0 Å². The Morgan fingerprint density at radius 3 is 2.45 bits per heavy atom. The van der Waals surface area contributed by atoms with Crippen LogP contribution in [0.2, 0.25) is 0 Å². The normalized spacial score (nSPS) is 27.5. The average molecular weight is 280 g/mol. The lowest BCUT2D eigenvalue weighted by molar-refractivity contribution is -0.144. The lowest BCUT2D eigenvalue weighted by atomic mass is 9.96. The topological polar surface area (TPSA) is 49.9 Å². The van der Waals surface area contributed by atoms with E-state index in [-0.39, 0.29) is 17.7 Å². The molecule has 0 radical (unpaired) electrons. The minimum atomic E-state index is 0.00463. The summed E-state index contributed by atoms with van der Waals surface area (Å²) in [6.45, 7) is 4.14. The molecule has 5 heteroatoms. The number of amides is 2. The van der Waals surface area contributed by atoms with Crippen LogP contribution in [-0.4, -0.2) is 61.0 Å². The van der Waals surface area contributed by atoms with E-state index in [1.54, 1.807) is 0 Å². The van der Waals surface area contributed by atoms with Gasteiger partial charge in [-0.1, -0.05) is 0 Å². The molecule has 0 aromatic carbocycles. The van der Waals surface area contributed by atoms with E-state index in [1.165, 1.54) is 12.8 Å². The molecule has 2 amide bonds. The molecule has 1 saturated carbocycles. The van der Waals surface area contributed by atoms with Gasteiger partial charge in [0.25, 0.3) is 0 Å². The highest BCUT2D eigenvalue weighted by Gasteiger charge is 2.33. The number of rotatable bonds is 3. The van der Waals surface area contributed by atoms with Gasteiger partial charge in [0.1, 0.15) is 0 Å². The maximum atomic E-state index is 12.5. The molecule has 3 aliphatic rings. The predicted octanol–water partition coefficient (Wildman–Crippen LogP) is 0.884. The zero-order valence-electron chi connectivity index (χ0n) is 12.1. The van der Waals surface area contributed by atoms with Gasteiger partial charge in [-0.3, -0.25) is 9.59 Å². The third-order valence-electron chi connectivity index (χ3n) is 4.61. The first-order valence-electron chi connectivity index (χ1n) is 7.88. The number of hydrogen-bond donors (Lipinski definition) is 0. The zero-order chi connectivity index (χ0) is 13.9. The Balaban J connectivity index is 1.53. The Labute approximate surface area is 120 Å². The number of hydrogen-bond acceptors (Lipinski definition) is 3. The molecule has 20 heavy (non-hydrogen) atoms. The fourth-order valence-electron chi connectivity index (χ4n) is 3.15. The first-order valence-corrected chi connectivity index (χ1v) is 7.88. The van der Waals surface area contributed by atoms with Crippen molar-refractivity contribution in [2.24, 2.45) is 11.8 Å². The molecule has 0 bridgehead atoms. The zero-order valence-corrected chi connectivity index (χ0v) is 12.1. The molecular weight excluding hydrogens is 256 g/mol. The molecule has 3 fully saturated rings. The van der Waals surface area contributed by atoms with Gasteiger partial charge in [0.15, 0.2) is 0 Å². The van der Waals surface area contributed by atoms with Crippen LogP contribution in [0.3, 0.4) is 0 Å². The lowest BCUT2D eigenvalue weighted by Gasteiger charge is -2.36. The van der Waals surface area contributed by atoms with Crippen LogP contribution in [0.5, 0.6) is 0 Å². The van der Waals surface area contributed by atoms with E-state index in [9.17, 15) is 9.59 Å². The molecule has 0 N–H and O–H groups in total. The van der Waals surface area contributed by atoms with Gasteiger partial charge in [-0.15, -0.1) is 0 Å². The molecule has 2 aliphatic heterocycles.